The molecule has 0 spiro atoms. The fraction of sp³-hybridized carbons (Fsp3) is 0.200. The first-order chi connectivity index (χ1) is 16.9. The van der Waals surface area contributed by atoms with Gasteiger partial charge in [-0.15, -0.1) is 0 Å². The summed E-state index contributed by atoms with van der Waals surface area (Å²) in [6.45, 7) is 0.509. The number of carboxylic acid groups (broad SMARTS) is 1. The number of aryl methyl sites for hydroxylation is 1. The van der Waals surface area contributed by atoms with Crippen molar-refractivity contribution in [1.29, 1.82) is 0 Å². The summed E-state index contributed by atoms with van der Waals surface area (Å²) in [5.41, 5.74) is 2.82. The van der Waals surface area contributed by atoms with Gasteiger partial charge < -0.3 is 14.9 Å². The van der Waals surface area contributed by atoms with Gasteiger partial charge in [-0.05, 0) is 48.2 Å². The SMILES string of the molecule is CN1C=C1n1cc(-c2cc3c(cc2C(F)F)N(c2nc(C(=O)O)cc4cccnc24)CCC3)cn1. The third kappa shape index (κ3) is 3.58. The maximum absolute atomic E-state index is 14.3. The van der Waals surface area contributed by atoms with Crippen LogP contribution in [0.4, 0.5) is 20.3 Å². The van der Waals surface area contributed by atoms with E-state index in [4.69, 9.17) is 0 Å². The second-order valence-electron chi connectivity index (χ2n) is 8.61. The second kappa shape index (κ2) is 7.86. The minimum Gasteiger partial charge on any atom is -0.477 e. The highest BCUT2D eigenvalue weighted by Crippen LogP contribution is 2.42. The smallest absolute Gasteiger partial charge is 0.354 e. The monoisotopic (exact) mass is 474 g/mol. The molecule has 35 heavy (non-hydrogen) atoms. The molecule has 0 saturated carbocycles. The average Bonchev–Trinajstić information content (AvgIpc) is 3.38. The summed E-state index contributed by atoms with van der Waals surface area (Å²) in [6.07, 6.45) is 5.59. The first-order valence-electron chi connectivity index (χ1n) is 11.1. The molecule has 2 aliphatic rings. The maximum atomic E-state index is 14.3. The van der Waals surface area contributed by atoms with Crippen molar-refractivity contribution in [1.82, 2.24) is 24.6 Å². The largest absolute Gasteiger partial charge is 0.477 e. The lowest BCUT2D eigenvalue weighted by molar-refractivity contribution is 0.0690. The van der Waals surface area contributed by atoms with E-state index >= 15 is 0 Å². The van der Waals surface area contributed by atoms with E-state index in [0.29, 0.717) is 46.5 Å². The van der Waals surface area contributed by atoms with Gasteiger partial charge in [-0.1, -0.05) is 6.07 Å². The van der Waals surface area contributed by atoms with Gasteiger partial charge in [0.05, 0.1) is 6.20 Å². The van der Waals surface area contributed by atoms with Crippen LogP contribution in [0.1, 0.15) is 34.5 Å². The van der Waals surface area contributed by atoms with E-state index in [1.807, 2.05) is 23.0 Å². The van der Waals surface area contributed by atoms with Crippen molar-refractivity contribution in [2.75, 3.05) is 18.5 Å². The second-order valence-corrected chi connectivity index (χ2v) is 8.61. The van der Waals surface area contributed by atoms with Gasteiger partial charge >= 0.3 is 5.97 Å². The van der Waals surface area contributed by atoms with Gasteiger partial charge in [-0.2, -0.15) is 5.10 Å². The summed E-state index contributed by atoms with van der Waals surface area (Å²) in [5.74, 6) is 0.0833. The third-order valence-electron chi connectivity index (χ3n) is 6.38. The van der Waals surface area contributed by atoms with Gasteiger partial charge in [0.15, 0.2) is 11.5 Å². The van der Waals surface area contributed by atoms with Gasteiger partial charge in [0, 0.05) is 54.4 Å². The van der Waals surface area contributed by atoms with Crippen molar-refractivity contribution >= 4 is 34.2 Å². The van der Waals surface area contributed by atoms with Gasteiger partial charge in [0.2, 0.25) is 0 Å². The number of hydrogen-bond donors (Lipinski definition) is 1. The normalized spacial score (nSPS) is 14.9. The molecule has 0 amide bonds. The van der Waals surface area contributed by atoms with Gasteiger partial charge in [-0.3, -0.25) is 4.98 Å². The number of benzene rings is 1. The number of alkyl halides is 2. The average molecular weight is 474 g/mol. The zero-order valence-corrected chi connectivity index (χ0v) is 18.7. The Hall–Kier alpha value is -4.34. The zero-order valence-electron chi connectivity index (χ0n) is 18.7. The number of hydrogen-bond acceptors (Lipinski definition) is 6. The number of fused-ring (bicyclic) bond motifs is 2. The molecule has 0 saturated heterocycles. The molecule has 176 valence electrons. The number of aromatic nitrogens is 4. The van der Waals surface area contributed by atoms with Gasteiger partial charge in [-0.25, -0.2) is 23.2 Å². The number of carbonyl (C=O) groups is 1. The van der Waals surface area contributed by atoms with E-state index in [2.05, 4.69) is 15.1 Å². The molecule has 4 aromatic rings. The molecule has 1 N–H and O–H groups in total. The quantitative estimate of drug-likeness (QED) is 0.440. The van der Waals surface area contributed by atoms with Crippen molar-refractivity contribution in [3.8, 4) is 11.1 Å². The molecular formula is C25H20F2N6O2. The minimum absolute atomic E-state index is 0.111. The fourth-order valence-electron chi connectivity index (χ4n) is 4.62. The van der Waals surface area contributed by atoms with E-state index in [0.717, 1.165) is 17.8 Å². The number of aromatic carboxylic acids is 1. The molecule has 5 heterocycles. The Morgan fingerprint density at radius 1 is 1.23 bits per heavy atom. The first kappa shape index (κ1) is 21.2. The molecule has 0 atom stereocenters. The summed E-state index contributed by atoms with van der Waals surface area (Å²) in [4.78, 5) is 24.2. The molecule has 0 bridgehead atoms. The van der Waals surface area contributed by atoms with E-state index in [1.165, 1.54) is 12.1 Å². The summed E-state index contributed by atoms with van der Waals surface area (Å²) in [7, 11) is 1.89. The molecule has 0 fully saturated rings. The number of rotatable bonds is 5. The molecule has 1 aromatic carbocycles. The van der Waals surface area contributed by atoms with E-state index in [-0.39, 0.29) is 11.3 Å². The van der Waals surface area contributed by atoms with Crippen LogP contribution in [0.2, 0.25) is 0 Å². The van der Waals surface area contributed by atoms with Crippen LogP contribution in [0.5, 0.6) is 0 Å². The first-order valence-corrected chi connectivity index (χ1v) is 11.1. The Morgan fingerprint density at radius 2 is 2.06 bits per heavy atom. The maximum Gasteiger partial charge on any atom is 0.354 e. The molecule has 0 unspecified atom stereocenters. The molecule has 3 aromatic heterocycles. The number of nitrogens with zero attached hydrogens (tertiary/aromatic N) is 6. The van der Waals surface area contributed by atoms with Crippen molar-refractivity contribution in [3.63, 3.8) is 0 Å². The molecule has 0 radical (unpaired) electrons. The van der Waals surface area contributed by atoms with Crippen LogP contribution in [0.25, 0.3) is 27.9 Å². The number of pyridine rings is 2. The Kier molecular flexibility index (Phi) is 4.77. The van der Waals surface area contributed by atoms with E-state index in [1.54, 1.807) is 41.5 Å². The number of carboxylic acids is 1. The Morgan fingerprint density at radius 3 is 2.80 bits per heavy atom. The lowest BCUT2D eigenvalue weighted by Crippen LogP contribution is -2.26. The highest BCUT2D eigenvalue weighted by Gasteiger charge is 2.28. The highest BCUT2D eigenvalue weighted by atomic mass is 19.3. The van der Waals surface area contributed by atoms with Crippen LogP contribution in [0, 0.1) is 0 Å². The molecule has 0 aliphatic carbocycles. The molecule has 8 nitrogen and oxygen atoms in total. The van der Waals surface area contributed by atoms with Crippen LogP contribution in [0.3, 0.4) is 0 Å². The Balaban J connectivity index is 1.50. The molecule has 2 aliphatic heterocycles. The van der Waals surface area contributed by atoms with Crippen molar-refractivity contribution < 1.29 is 18.7 Å². The minimum atomic E-state index is -2.71. The Labute approximate surface area is 198 Å². The summed E-state index contributed by atoms with van der Waals surface area (Å²) in [6, 6.07) is 8.25. The van der Waals surface area contributed by atoms with Crippen molar-refractivity contribution in [3.05, 3.63) is 71.9 Å². The highest BCUT2D eigenvalue weighted by molar-refractivity contribution is 5.97. The topological polar surface area (TPSA) is 87.2 Å². The number of halogens is 2. The van der Waals surface area contributed by atoms with Crippen LogP contribution in [0.15, 0.2) is 55.1 Å². The van der Waals surface area contributed by atoms with Crippen LogP contribution >= 0.6 is 0 Å². The summed E-state index contributed by atoms with van der Waals surface area (Å²) in [5, 5.41) is 14.5. The van der Waals surface area contributed by atoms with Gasteiger partial charge in [0.25, 0.3) is 6.43 Å². The predicted octanol–water partition coefficient (Wildman–Crippen LogP) is 4.91. The van der Waals surface area contributed by atoms with Crippen LogP contribution in [-0.2, 0) is 6.42 Å². The van der Waals surface area contributed by atoms with Crippen LogP contribution in [-0.4, -0.2) is 49.3 Å². The zero-order chi connectivity index (χ0) is 24.3. The van der Waals surface area contributed by atoms with E-state index < -0.39 is 12.4 Å². The number of anilines is 2. The molecule has 10 heteroatoms. The molecule has 6 rings (SSSR count). The summed E-state index contributed by atoms with van der Waals surface area (Å²) >= 11 is 0. The van der Waals surface area contributed by atoms with Gasteiger partial charge in [0.1, 0.15) is 11.3 Å². The standard InChI is InChI=1S/C25H20F2N6O2/c1-31-13-21(31)33-12-16(11-29-33)17-8-14-5-3-7-32(20(14)10-18(17)23(26)27)24-22-15(4-2-6-28-22)9-19(30-24)25(34)35/h2,4,6,8-13,23H,3,5,7H2,1H3,(H,34,35). The lowest BCUT2D eigenvalue weighted by Gasteiger charge is -2.32. The Bertz CT molecular complexity index is 1530. The predicted molar refractivity (Wildman–Crippen MR) is 126 cm³/mol. The molecular weight excluding hydrogens is 454 g/mol. The van der Waals surface area contributed by atoms with Crippen molar-refractivity contribution in [2.24, 2.45) is 0 Å². The van der Waals surface area contributed by atoms with E-state index in [9.17, 15) is 18.7 Å². The lowest BCUT2D eigenvalue weighted by atomic mass is 9.93. The van der Waals surface area contributed by atoms with Crippen molar-refractivity contribution in [2.45, 2.75) is 19.3 Å². The van der Waals surface area contributed by atoms with Crippen LogP contribution < -0.4 is 4.90 Å². The fourth-order valence-corrected chi connectivity index (χ4v) is 4.62. The summed E-state index contributed by atoms with van der Waals surface area (Å²) < 4.78 is 30.3. The third-order valence-corrected chi connectivity index (χ3v) is 6.38.